The van der Waals surface area contributed by atoms with Crippen LogP contribution >= 0.6 is 0 Å². The first-order valence-electron chi connectivity index (χ1n) is 9.38. The molecule has 0 aromatic heterocycles. The summed E-state index contributed by atoms with van der Waals surface area (Å²) in [5, 5.41) is 25.1. The molecule has 0 atom stereocenters. The summed E-state index contributed by atoms with van der Waals surface area (Å²) < 4.78 is 0. The van der Waals surface area contributed by atoms with E-state index < -0.39 is 5.41 Å². The largest absolute Gasteiger partial charge is 0.396 e. The molecule has 0 amide bonds. The third-order valence-electron chi connectivity index (χ3n) is 5.46. The van der Waals surface area contributed by atoms with E-state index in [0.717, 1.165) is 11.1 Å². The second-order valence-electron chi connectivity index (χ2n) is 7.53. The Kier molecular flexibility index (Phi) is 4.93. The molecule has 2 heteroatoms. The Hall–Kier alpha value is -2.68. The predicted octanol–water partition coefficient (Wildman–Crippen LogP) is 4.75. The maximum absolute atomic E-state index is 10.2. The molecule has 0 radical (unpaired) electrons. The fraction of sp³-hybridized carbons (Fsp3) is 0.200. The van der Waals surface area contributed by atoms with Crippen LogP contribution in [0.2, 0.25) is 0 Å². The molecule has 4 aromatic rings. The lowest BCUT2D eigenvalue weighted by Crippen LogP contribution is -2.34. The van der Waals surface area contributed by atoms with Crippen LogP contribution in [-0.2, 0) is 12.8 Å². The van der Waals surface area contributed by atoms with Crippen LogP contribution in [-0.4, -0.2) is 23.4 Å². The summed E-state index contributed by atoms with van der Waals surface area (Å²) in [6.45, 7) is -0.105. The number of hydrogen-bond acceptors (Lipinski definition) is 2. The van der Waals surface area contributed by atoms with Gasteiger partial charge in [-0.05, 0) is 45.5 Å². The van der Waals surface area contributed by atoms with Crippen LogP contribution < -0.4 is 0 Å². The van der Waals surface area contributed by atoms with E-state index in [9.17, 15) is 10.2 Å². The average molecular weight is 356 g/mol. The minimum Gasteiger partial charge on any atom is -0.396 e. The molecule has 0 unspecified atom stereocenters. The molecule has 27 heavy (non-hydrogen) atoms. The maximum atomic E-state index is 10.2. The third kappa shape index (κ3) is 3.73. The van der Waals surface area contributed by atoms with Gasteiger partial charge in [-0.25, -0.2) is 0 Å². The van der Waals surface area contributed by atoms with Crippen LogP contribution in [0.15, 0.2) is 84.9 Å². The number of rotatable bonds is 6. The number of benzene rings is 4. The molecule has 0 bridgehead atoms. The van der Waals surface area contributed by atoms with E-state index in [-0.39, 0.29) is 13.2 Å². The van der Waals surface area contributed by atoms with Crippen molar-refractivity contribution >= 4 is 21.5 Å². The molecule has 0 saturated heterocycles. The van der Waals surface area contributed by atoms with Crippen molar-refractivity contribution in [1.29, 1.82) is 0 Å². The lowest BCUT2D eigenvalue weighted by molar-refractivity contribution is 0.0548. The quantitative estimate of drug-likeness (QED) is 0.523. The molecule has 0 aliphatic carbocycles. The van der Waals surface area contributed by atoms with Crippen LogP contribution in [0, 0.1) is 5.41 Å². The minimum atomic E-state index is -0.578. The first-order chi connectivity index (χ1) is 13.2. The second-order valence-corrected chi connectivity index (χ2v) is 7.53. The van der Waals surface area contributed by atoms with E-state index in [2.05, 4.69) is 60.7 Å². The summed E-state index contributed by atoms with van der Waals surface area (Å²) in [6, 6.07) is 29.3. The van der Waals surface area contributed by atoms with Gasteiger partial charge in [0.05, 0.1) is 13.2 Å². The Morgan fingerprint density at radius 3 is 1.33 bits per heavy atom. The van der Waals surface area contributed by atoms with Crippen molar-refractivity contribution in [3.05, 3.63) is 96.1 Å². The molecule has 0 fully saturated rings. The fourth-order valence-electron chi connectivity index (χ4n) is 3.90. The Labute approximate surface area is 159 Å². The highest BCUT2D eigenvalue weighted by Gasteiger charge is 2.29. The van der Waals surface area contributed by atoms with Crippen LogP contribution in [0.3, 0.4) is 0 Å². The highest BCUT2D eigenvalue weighted by molar-refractivity contribution is 5.83. The van der Waals surface area contributed by atoms with Gasteiger partial charge in [0.15, 0.2) is 0 Å². The highest BCUT2D eigenvalue weighted by Crippen LogP contribution is 2.30. The number of hydrogen-bond donors (Lipinski definition) is 2. The van der Waals surface area contributed by atoms with Gasteiger partial charge in [0.2, 0.25) is 0 Å². The van der Waals surface area contributed by atoms with Gasteiger partial charge >= 0.3 is 0 Å². The summed E-state index contributed by atoms with van der Waals surface area (Å²) in [6.07, 6.45) is 1.27. The minimum absolute atomic E-state index is 0.0524. The molecule has 0 saturated carbocycles. The van der Waals surface area contributed by atoms with Crippen molar-refractivity contribution in [2.45, 2.75) is 12.8 Å². The lowest BCUT2D eigenvalue weighted by Gasteiger charge is -2.30. The summed E-state index contributed by atoms with van der Waals surface area (Å²) in [7, 11) is 0. The lowest BCUT2D eigenvalue weighted by atomic mass is 9.77. The normalized spacial score (nSPS) is 11.9. The van der Waals surface area contributed by atoms with Crippen molar-refractivity contribution in [3.8, 4) is 0 Å². The van der Waals surface area contributed by atoms with Gasteiger partial charge in [0.25, 0.3) is 0 Å². The Bertz CT molecular complexity index is 981. The van der Waals surface area contributed by atoms with Gasteiger partial charge in [0, 0.05) is 5.41 Å². The van der Waals surface area contributed by atoms with Crippen molar-refractivity contribution in [1.82, 2.24) is 0 Å². The first kappa shape index (κ1) is 17.7. The first-order valence-corrected chi connectivity index (χ1v) is 9.38. The topological polar surface area (TPSA) is 40.5 Å². The number of aliphatic hydroxyl groups excluding tert-OH is 2. The van der Waals surface area contributed by atoms with Crippen molar-refractivity contribution < 1.29 is 10.2 Å². The average Bonchev–Trinajstić information content (AvgIpc) is 2.73. The number of fused-ring (bicyclic) bond motifs is 2. The SMILES string of the molecule is OCC(CO)(Cc1ccc2ccccc2c1)Cc1ccc2ccccc2c1. The van der Waals surface area contributed by atoms with Crippen molar-refractivity contribution in [2.24, 2.45) is 5.41 Å². The van der Waals surface area contributed by atoms with Gasteiger partial charge in [-0.2, -0.15) is 0 Å². The van der Waals surface area contributed by atoms with Crippen LogP contribution in [0.1, 0.15) is 11.1 Å². The van der Waals surface area contributed by atoms with Crippen LogP contribution in [0.5, 0.6) is 0 Å². The van der Waals surface area contributed by atoms with Gasteiger partial charge in [-0.3, -0.25) is 0 Å². The van der Waals surface area contributed by atoms with Gasteiger partial charge in [0.1, 0.15) is 0 Å². The monoisotopic (exact) mass is 356 g/mol. The standard InChI is InChI=1S/C25H24O2/c26-17-25(18-27,15-19-9-11-21-5-1-3-7-23(21)13-19)16-20-10-12-22-6-2-4-8-24(22)14-20/h1-14,26-27H,15-18H2. The van der Waals surface area contributed by atoms with E-state index >= 15 is 0 Å². The Morgan fingerprint density at radius 2 is 0.926 bits per heavy atom. The molecule has 2 nitrogen and oxygen atoms in total. The molecule has 2 N–H and O–H groups in total. The van der Waals surface area contributed by atoms with Gasteiger partial charge in [-0.15, -0.1) is 0 Å². The predicted molar refractivity (Wildman–Crippen MR) is 112 cm³/mol. The zero-order valence-corrected chi connectivity index (χ0v) is 15.3. The van der Waals surface area contributed by atoms with Crippen LogP contribution in [0.25, 0.3) is 21.5 Å². The molecule has 136 valence electrons. The van der Waals surface area contributed by atoms with Crippen LogP contribution in [0.4, 0.5) is 0 Å². The van der Waals surface area contributed by atoms with Gasteiger partial charge < -0.3 is 10.2 Å². The summed E-state index contributed by atoms with van der Waals surface area (Å²) >= 11 is 0. The maximum Gasteiger partial charge on any atom is 0.0515 e. The zero-order chi connectivity index (χ0) is 18.7. The molecular weight excluding hydrogens is 332 g/mol. The number of aliphatic hydroxyl groups is 2. The second kappa shape index (κ2) is 7.51. The van der Waals surface area contributed by atoms with E-state index in [1.165, 1.54) is 21.5 Å². The van der Waals surface area contributed by atoms with E-state index in [4.69, 9.17) is 0 Å². The molecule has 0 spiro atoms. The van der Waals surface area contributed by atoms with Crippen molar-refractivity contribution in [3.63, 3.8) is 0 Å². The van der Waals surface area contributed by atoms with E-state index in [1.54, 1.807) is 0 Å². The zero-order valence-electron chi connectivity index (χ0n) is 15.3. The molecule has 0 heterocycles. The smallest absolute Gasteiger partial charge is 0.0515 e. The fourth-order valence-corrected chi connectivity index (χ4v) is 3.90. The van der Waals surface area contributed by atoms with Crippen molar-refractivity contribution in [2.75, 3.05) is 13.2 Å². The Balaban J connectivity index is 1.64. The van der Waals surface area contributed by atoms with Gasteiger partial charge in [-0.1, -0.05) is 84.9 Å². The third-order valence-corrected chi connectivity index (χ3v) is 5.46. The molecule has 0 aliphatic rings. The molecule has 4 rings (SSSR count). The summed E-state index contributed by atoms with van der Waals surface area (Å²) in [4.78, 5) is 0. The summed E-state index contributed by atoms with van der Waals surface area (Å²) in [5.41, 5.74) is 1.69. The molecular formula is C25H24O2. The van der Waals surface area contributed by atoms with E-state index in [0.29, 0.717) is 12.8 Å². The Morgan fingerprint density at radius 1 is 0.519 bits per heavy atom. The molecule has 0 aliphatic heterocycles. The summed E-state index contributed by atoms with van der Waals surface area (Å²) in [5.74, 6) is 0. The highest BCUT2D eigenvalue weighted by atomic mass is 16.3. The molecule has 4 aromatic carbocycles. The van der Waals surface area contributed by atoms with E-state index in [1.807, 2.05) is 24.3 Å².